The first-order valence-electron chi connectivity index (χ1n) is 8.58. The summed E-state index contributed by atoms with van der Waals surface area (Å²) in [5.41, 5.74) is 0.745. The van der Waals surface area contributed by atoms with Gasteiger partial charge in [0, 0.05) is 0 Å². The molecule has 0 spiro atoms. The van der Waals surface area contributed by atoms with Crippen molar-refractivity contribution >= 4 is 20.2 Å². The van der Waals surface area contributed by atoms with Gasteiger partial charge in [0.25, 0.3) is 0 Å². The van der Waals surface area contributed by atoms with E-state index in [1.54, 1.807) is 0 Å². The number of halogens is 6. The van der Waals surface area contributed by atoms with Crippen molar-refractivity contribution in [3.63, 3.8) is 0 Å². The number of rotatable bonds is 8. The molecule has 0 unspecified atom stereocenters. The molecule has 172 valence electrons. The summed E-state index contributed by atoms with van der Waals surface area (Å²) in [4.78, 5) is 0. The van der Waals surface area contributed by atoms with Gasteiger partial charge in [0.15, 0.2) is 0 Å². The van der Waals surface area contributed by atoms with Gasteiger partial charge in [-0.1, -0.05) is 31.4 Å². The zero-order chi connectivity index (χ0) is 23.0. The highest BCUT2D eigenvalue weighted by Crippen LogP contribution is 2.51. The summed E-state index contributed by atoms with van der Waals surface area (Å²) in [7, 11) is -13.3. The Morgan fingerprint density at radius 1 is 0.800 bits per heavy atom. The maximum atomic E-state index is 13.9. The van der Waals surface area contributed by atoms with Gasteiger partial charge >= 0.3 is 36.7 Å². The van der Waals surface area contributed by atoms with Crippen LogP contribution in [0.4, 0.5) is 26.3 Å². The van der Waals surface area contributed by atoms with Crippen LogP contribution in [0.25, 0.3) is 0 Å². The zero-order valence-electron chi connectivity index (χ0n) is 15.5. The first-order chi connectivity index (χ1) is 13.6. The number of hydrogen-bond acceptors (Lipinski definition) is 6. The van der Waals surface area contributed by atoms with Crippen LogP contribution in [0.15, 0.2) is 24.3 Å². The van der Waals surface area contributed by atoms with E-state index in [0.29, 0.717) is 0 Å². The molecule has 0 N–H and O–H groups in total. The molecule has 1 aliphatic rings. The molecule has 1 saturated carbocycles. The molecule has 0 atom stereocenters. The molecule has 1 aromatic carbocycles. The fourth-order valence-electron chi connectivity index (χ4n) is 3.00. The first kappa shape index (κ1) is 24.7. The molecule has 0 amide bonds. The molecule has 0 heterocycles. The molecule has 0 saturated heterocycles. The van der Waals surface area contributed by atoms with Crippen molar-refractivity contribution in [1.29, 1.82) is 0 Å². The highest BCUT2D eigenvalue weighted by Gasteiger charge is 2.83. The van der Waals surface area contributed by atoms with Crippen LogP contribution >= 0.6 is 0 Å². The van der Waals surface area contributed by atoms with Crippen LogP contribution in [0.3, 0.4) is 0 Å². The lowest BCUT2D eigenvalue weighted by atomic mass is 9.84. The number of hydrogen-bond donors (Lipinski definition) is 0. The maximum Gasteiger partial charge on any atom is 0.450 e. The van der Waals surface area contributed by atoms with Gasteiger partial charge in [-0.2, -0.15) is 43.2 Å². The highest BCUT2D eigenvalue weighted by atomic mass is 32.2. The lowest BCUT2D eigenvalue weighted by molar-refractivity contribution is -0.247. The minimum atomic E-state index is -6.91. The van der Waals surface area contributed by atoms with Crippen LogP contribution in [-0.4, -0.2) is 40.4 Å². The van der Waals surface area contributed by atoms with E-state index >= 15 is 0 Å². The standard InChI is InChI=1S/C16H18F6O6S2/c1-27-29(23,24)15(19,20)14(17,18)16(21,22)30(25,26)28-13-9-7-12(8-10-13)11-5-3-2-4-6-11/h7-11H,2-6H2,1H3. The first-order valence-corrected chi connectivity index (χ1v) is 11.4. The predicted octanol–water partition coefficient (Wildman–Crippen LogP) is 4.24. The van der Waals surface area contributed by atoms with Gasteiger partial charge in [0.1, 0.15) is 5.75 Å². The van der Waals surface area contributed by atoms with E-state index in [1.165, 1.54) is 12.1 Å². The largest absolute Gasteiger partial charge is 0.450 e. The lowest BCUT2D eigenvalue weighted by Gasteiger charge is -2.30. The fourth-order valence-corrected chi connectivity index (χ4v) is 4.63. The molecule has 0 bridgehead atoms. The maximum absolute atomic E-state index is 13.9. The molecule has 6 nitrogen and oxygen atoms in total. The summed E-state index contributed by atoms with van der Waals surface area (Å²) in [6.07, 6.45) is 4.70. The quantitative estimate of drug-likeness (QED) is 0.405. The zero-order valence-corrected chi connectivity index (χ0v) is 17.1. The van der Waals surface area contributed by atoms with Crippen molar-refractivity contribution in [3.8, 4) is 5.75 Å². The summed E-state index contributed by atoms with van der Waals surface area (Å²) in [6.45, 7) is 0. The summed E-state index contributed by atoms with van der Waals surface area (Å²) < 4.78 is 135. The van der Waals surface area contributed by atoms with Crippen molar-refractivity contribution in [1.82, 2.24) is 0 Å². The molecular formula is C16H18F6O6S2. The van der Waals surface area contributed by atoms with Crippen molar-refractivity contribution in [2.45, 2.75) is 54.5 Å². The molecule has 0 aliphatic heterocycles. The van der Waals surface area contributed by atoms with E-state index in [-0.39, 0.29) is 13.0 Å². The predicted molar refractivity (Wildman–Crippen MR) is 92.6 cm³/mol. The molecule has 0 radical (unpaired) electrons. The number of alkyl halides is 6. The smallest absolute Gasteiger partial charge is 0.378 e. The van der Waals surface area contributed by atoms with Gasteiger partial charge in [-0.15, -0.1) is 0 Å². The second-order valence-electron chi connectivity index (χ2n) is 6.67. The highest BCUT2D eigenvalue weighted by molar-refractivity contribution is 7.89. The van der Waals surface area contributed by atoms with Gasteiger partial charge in [-0.3, -0.25) is 4.18 Å². The molecule has 1 aromatic rings. The van der Waals surface area contributed by atoms with Crippen molar-refractivity contribution in [2.24, 2.45) is 0 Å². The molecule has 14 heteroatoms. The van der Waals surface area contributed by atoms with Crippen molar-refractivity contribution in [3.05, 3.63) is 29.8 Å². The third-order valence-electron chi connectivity index (χ3n) is 4.74. The Kier molecular flexibility index (Phi) is 6.75. The third kappa shape index (κ3) is 4.13. The summed E-state index contributed by atoms with van der Waals surface area (Å²) in [5.74, 6) is -7.59. The summed E-state index contributed by atoms with van der Waals surface area (Å²) in [5, 5.41) is -13.2. The Hall–Kier alpha value is -1.54. The van der Waals surface area contributed by atoms with E-state index in [0.717, 1.165) is 49.8 Å². The average molecular weight is 484 g/mol. The topological polar surface area (TPSA) is 86.7 Å². The van der Waals surface area contributed by atoms with E-state index in [1.807, 2.05) is 0 Å². The minimum Gasteiger partial charge on any atom is -0.378 e. The SMILES string of the molecule is COS(=O)(=O)C(F)(F)C(F)(F)C(F)(F)S(=O)(=O)Oc1ccc(C2CCCCC2)cc1. The van der Waals surface area contributed by atoms with Crippen molar-refractivity contribution in [2.75, 3.05) is 7.11 Å². The molecule has 2 rings (SSSR count). The Bertz CT molecular complexity index is 954. The van der Waals surface area contributed by atoms with Gasteiger partial charge in [0.05, 0.1) is 7.11 Å². The molecular weight excluding hydrogens is 466 g/mol. The minimum absolute atomic E-state index is 0.0241. The van der Waals surface area contributed by atoms with E-state index < -0.39 is 42.4 Å². The fraction of sp³-hybridized carbons (Fsp3) is 0.625. The average Bonchev–Trinajstić information content (AvgIpc) is 2.68. The summed E-state index contributed by atoms with van der Waals surface area (Å²) >= 11 is 0. The Balaban J connectivity index is 2.30. The van der Waals surface area contributed by atoms with Crippen LogP contribution in [0.1, 0.15) is 43.6 Å². The normalized spacial score (nSPS) is 17.7. The van der Waals surface area contributed by atoms with Gasteiger partial charge in [0.2, 0.25) is 0 Å². The molecule has 0 aromatic heterocycles. The van der Waals surface area contributed by atoms with Gasteiger partial charge < -0.3 is 4.18 Å². The second-order valence-corrected chi connectivity index (χ2v) is 10.0. The van der Waals surface area contributed by atoms with Crippen LogP contribution < -0.4 is 4.18 Å². The van der Waals surface area contributed by atoms with Crippen LogP contribution in [0, 0.1) is 0 Å². The summed E-state index contributed by atoms with van der Waals surface area (Å²) in [6, 6.07) is 4.53. The van der Waals surface area contributed by atoms with Crippen LogP contribution in [0.2, 0.25) is 0 Å². The Morgan fingerprint density at radius 2 is 1.27 bits per heavy atom. The lowest BCUT2D eigenvalue weighted by Crippen LogP contribution is -2.61. The molecule has 1 fully saturated rings. The Labute approximate surface area is 169 Å². The van der Waals surface area contributed by atoms with E-state index in [9.17, 15) is 43.2 Å². The molecule has 1 aliphatic carbocycles. The molecule has 30 heavy (non-hydrogen) atoms. The van der Waals surface area contributed by atoms with E-state index in [4.69, 9.17) is 0 Å². The Morgan fingerprint density at radius 3 is 1.73 bits per heavy atom. The van der Waals surface area contributed by atoms with E-state index in [2.05, 4.69) is 8.37 Å². The van der Waals surface area contributed by atoms with Crippen molar-refractivity contribution < 1.29 is 51.5 Å². The number of benzene rings is 1. The second kappa shape index (κ2) is 8.19. The third-order valence-corrected chi connectivity index (χ3v) is 7.36. The monoisotopic (exact) mass is 484 g/mol. The van der Waals surface area contributed by atoms with Gasteiger partial charge in [-0.05, 0) is 36.5 Å². The van der Waals surface area contributed by atoms with Crippen LogP contribution in [0.5, 0.6) is 5.75 Å². The van der Waals surface area contributed by atoms with Crippen LogP contribution in [-0.2, 0) is 24.4 Å². The van der Waals surface area contributed by atoms with Gasteiger partial charge in [-0.25, -0.2) is 0 Å².